The third-order valence-corrected chi connectivity index (χ3v) is 2.21. The maximum atomic E-state index is 13.5. The summed E-state index contributed by atoms with van der Waals surface area (Å²) in [6, 6.07) is 4.82. The Kier molecular flexibility index (Phi) is 2.55. The van der Waals surface area contributed by atoms with Crippen LogP contribution in [0.4, 0.5) is 10.3 Å². The van der Waals surface area contributed by atoms with Crippen LogP contribution in [0.3, 0.4) is 0 Å². The van der Waals surface area contributed by atoms with Crippen molar-refractivity contribution in [3.8, 4) is 0 Å². The van der Waals surface area contributed by atoms with E-state index in [0.29, 0.717) is 5.56 Å². The fraction of sp³-hybridized carbons (Fsp3) is 0.111. The summed E-state index contributed by atoms with van der Waals surface area (Å²) in [4.78, 5) is 3.74. The molecular formula is C9H8ClFN4. The van der Waals surface area contributed by atoms with E-state index in [2.05, 4.69) is 10.1 Å². The van der Waals surface area contributed by atoms with Gasteiger partial charge in [0, 0.05) is 5.56 Å². The van der Waals surface area contributed by atoms with Crippen molar-refractivity contribution < 1.29 is 4.39 Å². The Labute approximate surface area is 90.5 Å². The molecule has 0 bridgehead atoms. The van der Waals surface area contributed by atoms with Crippen molar-refractivity contribution in [3.63, 3.8) is 0 Å². The monoisotopic (exact) mass is 226 g/mol. The third kappa shape index (κ3) is 2.07. The SMILES string of the molecule is Nc1ncn(Cc2cccc(Cl)c2F)n1. The molecule has 0 saturated heterocycles. The number of aromatic nitrogens is 3. The molecule has 0 saturated carbocycles. The molecule has 0 fully saturated rings. The maximum absolute atomic E-state index is 13.5. The highest BCUT2D eigenvalue weighted by Crippen LogP contribution is 2.18. The number of halogens is 2. The fourth-order valence-electron chi connectivity index (χ4n) is 1.23. The van der Waals surface area contributed by atoms with Gasteiger partial charge >= 0.3 is 0 Å². The molecule has 0 aliphatic carbocycles. The number of anilines is 1. The van der Waals surface area contributed by atoms with Gasteiger partial charge in [-0.1, -0.05) is 23.7 Å². The molecule has 2 N–H and O–H groups in total. The highest BCUT2D eigenvalue weighted by molar-refractivity contribution is 6.30. The first-order chi connectivity index (χ1) is 7.16. The molecule has 2 aromatic rings. The lowest BCUT2D eigenvalue weighted by Gasteiger charge is -2.03. The second-order valence-electron chi connectivity index (χ2n) is 3.01. The number of nitrogens with two attached hydrogens (primary N) is 1. The van der Waals surface area contributed by atoms with E-state index in [-0.39, 0.29) is 17.5 Å². The number of nitrogen functional groups attached to an aromatic ring is 1. The summed E-state index contributed by atoms with van der Waals surface area (Å²) in [5.74, 6) is -0.273. The van der Waals surface area contributed by atoms with E-state index in [1.165, 1.54) is 17.1 Å². The quantitative estimate of drug-likeness (QED) is 0.848. The van der Waals surface area contributed by atoms with E-state index in [1.807, 2.05) is 0 Å². The smallest absolute Gasteiger partial charge is 0.239 e. The van der Waals surface area contributed by atoms with Gasteiger partial charge in [0.05, 0.1) is 11.6 Å². The van der Waals surface area contributed by atoms with Gasteiger partial charge in [-0.15, -0.1) is 5.10 Å². The average molecular weight is 227 g/mol. The van der Waals surface area contributed by atoms with E-state index in [4.69, 9.17) is 17.3 Å². The van der Waals surface area contributed by atoms with E-state index < -0.39 is 5.82 Å². The molecule has 0 atom stereocenters. The van der Waals surface area contributed by atoms with Crippen LogP contribution in [0.5, 0.6) is 0 Å². The van der Waals surface area contributed by atoms with Crippen molar-refractivity contribution in [2.75, 3.05) is 5.73 Å². The third-order valence-electron chi connectivity index (χ3n) is 1.92. The largest absolute Gasteiger partial charge is 0.367 e. The number of benzene rings is 1. The van der Waals surface area contributed by atoms with Gasteiger partial charge in [-0.25, -0.2) is 14.1 Å². The second kappa shape index (κ2) is 3.86. The van der Waals surface area contributed by atoms with Crippen molar-refractivity contribution in [1.82, 2.24) is 14.8 Å². The first kappa shape index (κ1) is 9.92. The lowest BCUT2D eigenvalue weighted by Crippen LogP contribution is -2.03. The minimum absolute atomic E-state index is 0.0978. The first-order valence-electron chi connectivity index (χ1n) is 4.24. The maximum Gasteiger partial charge on any atom is 0.239 e. The minimum Gasteiger partial charge on any atom is -0.367 e. The molecule has 0 unspecified atom stereocenters. The zero-order valence-electron chi connectivity index (χ0n) is 7.69. The summed E-state index contributed by atoms with van der Waals surface area (Å²) in [5.41, 5.74) is 5.79. The first-order valence-corrected chi connectivity index (χ1v) is 4.62. The van der Waals surface area contributed by atoms with Crippen molar-refractivity contribution in [3.05, 3.63) is 40.9 Å². The van der Waals surface area contributed by atoms with Crippen LogP contribution in [0.25, 0.3) is 0 Å². The Bertz CT molecular complexity index is 483. The molecule has 1 heterocycles. The Morgan fingerprint density at radius 2 is 2.27 bits per heavy atom. The van der Waals surface area contributed by atoms with Crippen LogP contribution in [0, 0.1) is 5.82 Å². The second-order valence-corrected chi connectivity index (χ2v) is 3.42. The van der Waals surface area contributed by atoms with Crippen LogP contribution in [-0.4, -0.2) is 14.8 Å². The van der Waals surface area contributed by atoms with Crippen LogP contribution < -0.4 is 5.73 Å². The van der Waals surface area contributed by atoms with Crippen molar-refractivity contribution in [1.29, 1.82) is 0 Å². The van der Waals surface area contributed by atoms with Gasteiger partial charge in [0.2, 0.25) is 5.95 Å². The van der Waals surface area contributed by atoms with E-state index in [0.717, 1.165) is 0 Å². The summed E-state index contributed by atoms with van der Waals surface area (Å²) in [6.07, 6.45) is 1.44. The van der Waals surface area contributed by atoms with Crippen molar-refractivity contribution in [2.45, 2.75) is 6.54 Å². The van der Waals surface area contributed by atoms with Crippen LogP contribution in [0.1, 0.15) is 5.56 Å². The van der Waals surface area contributed by atoms with Crippen LogP contribution in [-0.2, 0) is 6.54 Å². The standard InChI is InChI=1S/C9H8ClFN4/c10-7-3-1-2-6(8(7)11)4-15-5-13-9(12)14-15/h1-3,5H,4H2,(H2,12,14). The molecule has 6 heteroatoms. The van der Waals surface area contributed by atoms with Gasteiger partial charge < -0.3 is 5.73 Å². The molecule has 0 aliphatic rings. The fourth-order valence-corrected chi connectivity index (χ4v) is 1.42. The predicted molar refractivity (Wildman–Crippen MR) is 54.9 cm³/mol. The highest BCUT2D eigenvalue weighted by atomic mass is 35.5. The molecule has 78 valence electrons. The lowest BCUT2D eigenvalue weighted by molar-refractivity contribution is 0.585. The molecule has 0 amide bonds. The Balaban J connectivity index is 2.28. The normalized spacial score (nSPS) is 10.5. The van der Waals surface area contributed by atoms with Gasteiger partial charge in [0.15, 0.2) is 0 Å². The summed E-state index contributed by atoms with van der Waals surface area (Å²) < 4.78 is 14.9. The van der Waals surface area contributed by atoms with Crippen molar-refractivity contribution in [2.24, 2.45) is 0 Å². The molecule has 4 nitrogen and oxygen atoms in total. The Morgan fingerprint density at radius 1 is 1.47 bits per heavy atom. The van der Waals surface area contributed by atoms with Gasteiger partial charge in [0.25, 0.3) is 0 Å². The highest BCUT2D eigenvalue weighted by Gasteiger charge is 2.07. The van der Waals surface area contributed by atoms with Crippen LogP contribution in [0.15, 0.2) is 24.5 Å². The lowest BCUT2D eigenvalue weighted by atomic mass is 10.2. The van der Waals surface area contributed by atoms with E-state index in [1.54, 1.807) is 12.1 Å². The summed E-state index contributed by atoms with van der Waals surface area (Å²) in [6.45, 7) is 0.261. The predicted octanol–water partition coefficient (Wildman–Crippen LogP) is 1.70. The minimum atomic E-state index is -0.437. The summed E-state index contributed by atoms with van der Waals surface area (Å²) in [7, 11) is 0. The summed E-state index contributed by atoms with van der Waals surface area (Å²) >= 11 is 5.64. The number of rotatable bonds is 2. The Morgan fingerprint density at radius 3 is 2.93 bits per heavy atom. The molecule has 0 spiro atoms. The molecule has 0 radical (unpaired) electrons. The average Bonchev–Trinajstić information content (AvgIpc) is 2.59. The van der Waals surface area contributed by atoms with Crippen LogP contribution >= 0.6 is 11.6 Å². The van der Waals surface area contributed by atoms with Crippen molar-refractivity contribution >= 4 is 17.5 Å². The number of hydrogen-bond acceptors (Lipinski definition) is 3. The topological polar surface area (TPSA) is 56.7 Å². The number of nitrogens with zero attached hydrogens (tertiary/aromatic N) is 3. The molecule has 1 aromatic carbocycles. The van der Waals surface area contributed by atoms with E-state index in [9.17, 15) is 4.39 Å². The molecular weight excluding hydrogens is 219 g/mol. The Hall–Kier alpha value is -1.62. The molecule has 0 aliphatic heterocycles. The van der Waals surface area contributed by atoms with Gasteiger partial charge in [0.1, 0.15) is 12.1 Å². The molecule has 1 aromatic heterocycles. The van der Waals surface area contributed by atoms with Gasteiger partial charge in [-0.3, -0.25) is 0 Å². The summed E-state index contributed by atoms with van der Waals surface area (Å²) in [5, 5.41) is 3.95. The zero-order valence-corrected chi connectivity index (χ0v) is 8.45. The van der Waals surface area contributed by atoms with Gasteiger partial charge in [-0.05, 0) is 6.07 Å². The number of hydrogen-bond donors (Lipinski definition) is 1. The molecule has 2 rings (SSSR count). The zero-order chi connectivity index (χ0) is 10.8. The molecule has 15 heavy (non-hydrogen) atoms. The van der Waals surface area contributed by atoms with Crippen LogP contribution in [0.2, 0.25) is 5.02 Å². The van der Waals surface area contributed by atoms with Gasteiger partial charge in [-0.2, -0.15) is 0 Å². The van der Waals surface area contributed by atoms with E-state index >= 15 is 0 Å².